The monoisotopic (exact) mass is 221 g/mol. The molecule has 1 aromatic rings. The van der Waals surface area contributed by atoms with Gasteiger partial charge >= 0.3 is 0 Å². The first-order valence-corrected chi connectivity index (χ1v) is 6.24. The lowest BCUT2D eigenvalue weighted by Gasteiger charge is -2.30. The van der Waals surface area contributed by atoms with Crippen molar-refractivity contribution >= 4 is 23.4 Å². The number of fused-ring (bicyclic) bond motifs is 1. The fourth-order valence-corrected chi connectivity index (χ4v) is 2.28. The second kappa shape index (κ2) is 3.56. The Hall–Kier alpha value is -0.960. The van der Waals surface area contributed by atoms with E-state index in [4.69, 9.17) is 0 Å². The number of hydrogen-bond acceptors (Lipinski definition) is 2. The van der Waals surface area contributed by atoms with Crippen LogP contribution in [0.25, 0.3) is 0 Å². The van der Waals surface area contributed by atoms with E-state index in [1.54, 1.807) is 11.8 Å². The van der Waals surface area contributed by atoms with Crippen LogP contribution in [0.5, 0.6) is 0 Å². The Morgan fingerprint density at radius 2 is 2.13 bits per heavy atom. The van der Waals surface area contributed by atoms with E-state index in [9.17, 15) is 4.79 Å². The Kier molecular flexibility index (Phi) is 2.51. The Morgan fingerprint density at radius 1 is 1.40 bits per heavy atom. The van der Waals surface area contributed by atoms with Crippen LogP contribution in [-0.4, -0.2) is 12.2 Å². The Labute approximate surface area is 94.4 Å². The molecule has 0 saturated heterocycles. The van der Waals surface area contributed by atoms with E-state index in [1.165, 1.54) is 10.5 Å². The van der Waals surface area contributed by atoms with E-state index in [1.807, 2.05) is 26.0 Å². The Morgan fingerprint density at radius 3 is 2.80 bits per heavy atom. The van der Waals surface area contributed by atoms with E-state index in [0.717, 1.165) is 12.1 Å². The van der Waals surface area contributed by atoms with E-state index in [0.29, 0.717) is 0 Å². The number of amides is 1. The van der Waals surface area contributed by atoms with Crippen molar-refractivity contribution in [1.29, 1.82) is 0 Å². The molecule has 0 spiro atoms. The van der Waals surface area contributed by atoms with E-state index in [2.05, 4.69) is 17.6 Å². The number of benzene rings is 1. The largest absolute Gasteiger partial charge is 0.325 e. The van der Waals surface area contributed by atoms with Crippen LogP contribution in [0.3, 0.4) is 0 Å². The third-order valence-corrected chi connectivity index (χ3v) is 3.53. The highest BCUT2D eigenvalue weighted by Crippen LogP contribution is 2.34. The summed E-state index contributed by atoms with van der Waals surface area (Å²) in [6.07, 6.45) is 2.89. The van der Waals surface area contributed by atoms with Gasteiger partial charge in [-0.15, -0.1) is 11.8 Å². The summed E-state index contributed by atoms with van der Waals surface area (Å²) in [4.78, 5) is 13.0. The number of thioether (sulfide) groups is 1. The average molecular weight is 221 g/mol. The number of carbonyl (C=O) groups excluding carboxylic acids is 1. The summed E-state index contributed by atoms with van der Waals surface area (Å²) in [6, 6.07) is 6.21. The summed E-state index contributed by atoms with van der Waals surface area (Å²) in [7, 11) is 0. The molecule has 0 fully saturated rings. The normalized spacial score (nSPS) is 18.2. The molecule has 0 atom stereocenters. The number of carbonyl (C=O) groups is 1. The molecule has 1 aromatic carbocycles. The Bertz CT molecular complexity index is 412. The predicted octanol–water partition coefficient (Wildman–Crippen LogP) is 2.93. The summed E-state index contributed by atoms with van der Waals surface area (Å²) in [5.41, 5.74) is 1.92. The summed E-state index contributed by atoms with van der Waals surface area (Å²) in [5.74, 6) is 0.118. The molecule has 1 amide bonds. The number of rotatable bonds is 1. The van der Waals surface area contributed by atoms with Gasteiger partial charge in [0.15, 0.2) is 0 Å². The molecule has 80 valence electrons. The van der Waals surface area contributed by atoms with E-state index < -0.39 is 0 Å². The number of hydrogen-bond donors (Lipinski definition) is 1. The highest BCUT2D eigenvalue weighted by molar-refractivity contribution is 7.98. The SMILES string of the molecule is CSc1ccc2c(c1)CC(C)(C)C(=O)N2. The minimum Gasteiger partial charge on any atom is -0.325 e. The van der Waals surface area contributed by atoms with Crippen LogP contribution in [0.15, 0.2) is 23.1 Å². The first-order chi connectivity index (χ1) is 7.03. The van der Waals surface area contributed by atoms with Crippen LogP contribution in [0, 0.1) is 5.41 Å². The van der Waals surface area contributed by atoms with Crippen LogP contribution in [-0.2, 0) is 11.2 Å². The van der Waals surface area contributed by atoms with Crippen molar-refractivity contribution in [2.24, 2.45) is 5.41 Å². The molecule has 1 N–H and O–H groups in total. The fourth-order valence-electron chi connectivity index (χ4n) is 1.81. The lowest BCUT2D eigenvalue weighted by Crippen LogP contribution is -2.36. The predicted molar refractivity (Wildman–Crippen MR) is 64.3 cm³/mol. The second-order valence-electron chi connectivity index (χ2n) is 4.54. The molecule has 0 bridgehead atoms. The van der Waals surface area contributed by atoms with Gasteiger partial charge in [0.2, 0.25) is 5.91 Å². The summed E-state index contributed by atoms with van der Waals surface area (Å²) in [5, 5.41) is 2.95. The van der Waals surface area contributed by atoms with Crippen molar-refractivity contribution < 1.29 is 4.79 Å². The zero-order valence-electron chi connectivity index (χ0n) is 9.26. The lowest BCUT2D eigenvalue weighted by molar-refractivity contribution is -0.124. The highest BCUT2D eigenvalue weighted by Gasteiger charge is 2.33. The van der Waals surface area contributed by atoms with E-state index in [-0.39, 0.29) is 11.3 Å². The van der Waals surface area contributed by atoms with Crippen LogP contribution in [0.2, 0.25) is 0 Å². The molecule has 1 aliphatic rings. The van der Waals surface area contributed by atoms with Gasteiger partial charge in [-0.25, -0.2) is 0 Å². The molecule has 0 aliphatic carbocycles. The molecule has 1 heterocycles. The molecule has 15 heavy (non-hydrogen) atoms. The first kappa shape index (κ1) is 10.6. The maximum atomic E-state index is 11.7. The molecule has 2 nitrogen and oxygen atoms in total. The summed E-state index contributed by atoms with van der Waals surface area (Å²) >= 11 is 1.73. The van der Waals surface area contributed by atoms with Gasteiger partial charge < -0.3 is 5.32 Å². The average Bonchev–Trinajstić information content (AvgIpc) is 2.18. The van der Waals surface area contributed by atoms with Crippen molar-refractivity contribution in [2.45, 2.75) is 25.2 Å². The number of nitrogens with one attached hydrogen (secondary N) is 1. The van der Waals surface area contributed by atoms with Crippen molar-refractivity contribution in [2.75, 3.05) is 11.6 Å². The molecule has 2 rings (SSSR count). The Balaban J connectivity index is 2.42. The zero-order valence-corrected chi connectivity index (χ0v) is 10.1. The van der Waals surface area contributed by atoms with Crippen LogP contribution < -0.4 is 5.32 Å². The third kappa shape index (κ3) is 1.88. The van der Waals surface area contributed by atoms with Gasteiger partial charge in [-0.3, -0.25) is 4.79 Å². The first-order valence-electron chi connectivity index (χ1n) is 5.01. The zero-order chi connectivity index (χ0) is 11.1. The van der Waals surface area contributed by atoms with Gasteiger partial charge in [-0.2, -0.15) is 0 Å². The molecule has 0 aromatic heterocycles. The quantitative estimate of drug-likeness (QED) is 0.739. The van der Waals surface area contributed by atoms with Gasteiger partial charge in [0.25, 0.3) is 0 Å². The maximum Gasteiger partial charge on any atom is 0.230 e. The second-order valence-corrected chi connectivity index (χ2v) is 5.42. The molecule has 1 aliphatic heterocycles. The molecule has 0 radical (unpaired) electrons. The van der Waals surface area contributed by atoms with Crippen LogP contribution in [0.1, 0.15) is 19.4 Å². The minimum atomic E-state index is -0.288. The van der Waals surface area contributed by atoms with Crippen molar-refractivity contribution in [3.63, 3.8) is 0 Å². The minimum absolute atomic E-state index is 0.118. The van der Waals surface area contributed by atoms with Crippen molar-refractivity contribution in [3.05, 3.63) is 23.8 Å². The third-order valence-electron chi connectivity index (χ3n) is 2.81. The molecular formula is C12H15NOS. The fraction of sp³-hybridized carbons (Fsp3) is 0.417. The standard InChI is InChI=1S/C12H15NOS/c1-12(2)7-8-6-9(15-3)4-5-10(8)13-11(12)14/h4-6H,7H2,1-3H3,(H,13,14). The lowest BCUT2D eigenvalue weighted by atomic mass is 9.81. The van der Waals surface area contributed by atoms with Crippen molar-refractivity contribution in [1.82, 2.24) is 0 Å². The van der Waals surface area contributed by atoms with Gasteiger partial charge in [0.1, 0.15) is 0 Å². The molecule has 0 unspecified atom stereocenters. The molecular weight excluding hydrogens is 206 g/mol. The highest BCUT2D eigenvalue weighted by atomic mass is 32.2. The van der Waals surface area contributed by atoms with Crippen molar-refractivity contribution in [3.8, 4) is 0 Å². The smallest absolute Gasteiger partial charge is 0.230 e. The van der Waals surface area contributed by atoms with Gasteiger partial charge in [-0.05, 0) is 36.4 Å². The maximum absolute atomic E-state index is 11.7. The van der Waals surface area contributed by atoms with E-state index >= 15 is 0 Å². The molecule has 3 heteroatoms. The molecule has 0 saturated carbocycles. The summed E-state index contributed by atoms with van der Waals surface area (Å²) in [6.45, 7) is 3.97. The van der Waals surface area contributed by atoms with Gasteiger partial charge in [0, 0.05) is 16.0 Å². The van der Waals surface area contributed by atoms with Gasteiger partial charge in [-0.1, -0.05) is 13.8 Å². The van der Waals surface area contributed by atoms with Crippen LogP contribution >= 0.6 is 11.8 Å². The van der Waals surface area contributed by atoms with Crippen LogP contribution in [0.4, 0.5) is 5.69 Å². The van der Waals surface area contributed by atoms with Gasteiger partial charge in [0.05, 0.1) is 0 Å². The summed E-state index contributed by atoms with van der Waals surface area (Å²) < 4.78 is 0. The number of anilines is 1. The topological polar surface area (TPSA) is 29.1 Å².